The molecule has 79 heavy (non-hydrogen) atoms. The minimum atomic E-state index is -5.69. The van der Waals surface area contributed by atoms with Crippen molar-refractivity contribution in [1.29, 1.82) is 0 Å². The molecule has 424 valence electrons. The van der Waals surface area contributed by atoms with Crippen LogP contribution in [0, 0.1) is 0 Å². The number of phosphoric acid groups is 2. The number of carbonyl (C=O) groups excluding carboxylic acids is 3. The molecule has 0 aliphatic carbocycles. The van der Waals surface area contributed by atoms with Crippen LogP contribution in [0.4, 0.5) is 16.4 Å². The quantitative estimate of drug-likeness (QED) is 0.0299. The van der Waals surface area contributed by atoms with E-state index in [9.17, 15) is 53.0 Å². The fourth-order valence-corrected chi connectivity index (χ4v) is 14.0. The first-order valence-electron chi connectivity index (χ1n) is 25.3. The lowest BCUT2D eigenvalue weighted by atomic mass is 9.86. The molecule has 2 aromatic heterocycles. The number of fused-ring (bicyclic) bond motifs is 5. The van der Waals surface area contributed by atoms with Gasteiger partial charge in [0, 0.05) is 91.8 Å². The van der Waals surface area contributed by atoms with Gasteiger partial charge in [-0.25, -0.2) is 27.8 Å². The molecule has 3 amide bonds. The van der Waals surface area contributed by atoms with E-state index in [1.165, 1.54) is 11.1 Å². The van der Waals surface area contributed by atoms with E-state index in [2.05, 4.69) is 93.6 Å². The molecule has 10 N–H and O–H groups in total. The third-order valence-electron chi connectivity index (χ3n) is 13.8. The molecular weight excluding hydrogens is 1110 g/mol. The summed E-state index contributed by atoms with van der Waals surface area (Å²) >= 11 is 4.09. The molecule has 1 fully saturated rings. The number of benzene rings is 3. The average Bonchev–Trinajstić information content (AvgIpc) is 4.02. The molecule has 6 heterocycles. The summed E-state index contributed by atoms with van der Waals surface area (Å²) in [5.74, 6) is 0.544. The van der Waals surface area contributed by atoms with Gasteiger partial charge in [-0.3, -0.25) is 28.5 Å². The van der Waals surface area contributed by atoms with E-state index in [1.807, 2.05) is 24.3 Å². The minimum Gasteiger partial charge on any atom is -0.456 e. The van der Waals surface area contributed by atoms with Crippen molar-refractivity contribution in [3.63, 3.8) is 0 Å². The van der Waals surface area contributed by atoms with E-state index in [0.29, 0.717) is 12.0 Å². The number of nitrogens with zero attached hydrogens (tertiary/aromatic N) is 6. The Kier molecular flexibility index (Phi) is 17.3. The number of ether oxygens (including phenoxy) is 3. The fourth-order valence-electron chi connectivity index (χ4n) is 10.2. The van der Waals surface area contributed by atoms with Crippen LogP contribution in [0.25, 0.3) is 16.7 Å². The number of aromatic amines is 1. The number of hydrogen-bond donors (Lipinski definition) is 9. The van der Waals surface area contributed by atoms with Crippen LogP contribution in [-0.2, 0) is 61.2 Å². The van der Waals surface area contributed by atoms with Crippen molar-refractivity contribution in [3.8, 4) is 11.5 Å². The topological polar surface area (TPSA) is 365 Å². The molecular formula is C48H60N10O17P3S+. The Morgan fingerprint density at radius 1 is 0.987 bits per heavy atom. The number of anilines is 2. The van der Waals surface area contributed by atoms with E-state index < -0.39 is 65.2 Å². The summed E-state index contributed by atoms with van der Waals surface area (Å²) in [5.41, 5.74) is 11.3. The zero-order chi connectivity index (χ0) is 56.6. The number of imidazole rings is 1. The lowest BCUT2D eigenvalue weighted by Crippen LogP contribution is -2.41. The third kappa shape index (κ3) is 13.0. The molecule has 4 aliphatic heterocycles. The number of aliphatic hydroxyl groups is 1. The van der Waals surface area contributed by atoms with Crippen molar-refractivity contribution in [2.45, 2.75) is 76.9 Å². The number of H-pyrrole nitrogens is 1. The van der Waals surface area contributed by atoms with Crippen molar-refractivity contribution in [2.75, 3.05) is 70.1 Å². The Labute approximate surface area is 456 Å². The standard InChI is InChI=1S/C48H59N10O17P3S/c1-4-56-19-8-11-27-21-31-35(23-33(27)56)71-36-24-34-28(12-9-20-57(34)5-2)22-32(36)39(31)29-13-6-7-14-30(29)45(62)55(3)18-10-15-38(59)50-16-17-51-48(63)73-42-41(60)37(25-70-76(64,65)74-77(66,67)75-78(68,69)79)72-46(42)58-26-52-40-43(58)53-47(49)54-44(40)61/h6-7,13-14,21-24,26,37,41-42,46,60H,4-5,8-12,15-20,25H2,1-3H3,(H8-,49,50,51,53,54,59,61,63,64,65,66,67,68,69,79)/p+1/t37-,41-,42-,46-/m1/s1. The zero-order valence-electron chi connectivity index (χ0n) is 43.1. The van der Waals surface area contributed by atoms with Gasteiger partial charge < -0.3 is 65.1 Å². The molecule has 27 nitrogen and oxygen atoms in total. The minimum absolute atomic E-state index is 0.0314. The van der Waals surface area contributed by atoms with Gasteiger partial charge in [0.2, 0.25) is 17.2 Å². The molecule has 5 aromatic rings. The lowest BCUT2D eigenvalue weighted by Gasteiger charge is -2.33. The highest BCUT2D eigenvalue weighted by Crippen LogP contribution is 2.66. The Bertz CT molecular complexity index is 3560. The van der Waals surface area contributed by atoms with E-state index in [0.717, 1.165) is 107 Å². The Morgan fingerprint density at radius 2 is 1.75 bits per heavy atom. The van der Waals surface area contributed by atoms with Gasteiger partial charge in [-0.05, 0) is 80.7 Å². The van der Waals surface area contributed by atoms with E-state index >= 15 is 0 Å². The largest absolute Gasteiger partial charge is 0.488 e. The summed E-state index contributed by atoms with van der Waals surface area (Å²) < 4.78 is 58.7. The summed E-state index contributed by atoms with van der Waals surface area (Å²) in [6.07, 6.45) is -2.68. The van der Waals surface area contributed by atoms with Gasteiger partial charge >= 0.3 is 28.5 Å². The second kappa shape index (κ2) is 23.6. The van der Waals surface area contributed by atoms with Gasteiger partial charge in [0.15, 0.2) is 23.5 Å². The number of rotatable bonds is 20. The summed E-state index contributed by atoms with van der Waals surface area (Å²) in [6.45, 7) is 2.01. The van der Waals surface area contributed by atoms with Crippen LogP contribution in [0.1, 0.15) is 78.4 Å². The number of alkyl carbamates (subject to hydrolysis) is 1. The number of aliphatic hydroxyl groups excluding tert-OH is 1. The lowest BCUT2D eigenvalue weighted by molar-refractivity contribution is -0.121. The number of aromatic nitrogens is 4. The molecule has 2 unspecified atom stereocenters. The van der Waals surface area contributed by atoms with Gasteiger partial charge in [-0.2, -0.15) is 9.29 Å². The molecule has 0 spiro atoms. The number of amides is 3. The van der Waals surface area contributed by atoms with Crippen LogP contribution in [0.5, 0.6) is 11.5 Å². The van der Waals surface area contributed by atoms with Crippen LogP contribution < -0.4 is 46.7 Å². The van der Waals surface area contributed by atoms with Gasteiger partial charge in [0.05, 0.1) is 19.0 Å². The number of carbonyl (C=O) groups is 3. The second-order valence-corrected chi connectivity index (χ2v) is 24.9. The Morgan fingerprint density at radius 3 is 2.51 bits per heavy atom. The highest BCUT2D eigenvalue weighted by molar-refractivity contribution is 8.08. The maximum Gasteiger partial charge on any atom is 0.488 e. The van der Waals surface area contributed by atoms with Crippen LogP contribution in [-0.4, -0.2) is 145 Å². The number of phosphoric ester groups is 1. The number of nitrogen functional groups attached to an aromatic ring is 1. The molecule has 0 bridgehead atoms. The smallest absolute Gasteiger partial charge is 0.456 e. The SMILES string of the molecule is CCN1CCCc2cc3c(cc21)Oc1cc2c(cc1=C3c1ccccc1C(=O)N(C)CCCC(=O)NCCNC(=O)O[C@@H]1[C@H](O)[C@@H](COP(=O)(O)OP(=O)(O)OP(O)(O)=S)O[C@H]1n1cnc3c(=O)[nH]c(N)nc31)CCC[N+]=2CC. The molecule has 3 aromatic carbocycles. The van der Waals surface area contributed by atoms with Crippen LogP contribution in [0.2, 0.25) is 0 Å². The number of nitrogens with two attached hydrogens (primary N) is 1. The summed E-state index contributed by atoms with van der Waals surface area (Å²) in [4.78, 5) is 106. The predicted octanol–water partition coefficient (Wildman–Crippen LogP) is 1.77. The van der Waals surface area contributed by atoms with Crippen molar-refractivity contribution in [3.05, 3.63) is 104 Å². The van der Waals surface area contributed by atoms with Gasteiger partial charge in [0.25, 0.3) is 11.5 Å². The molecule has 6 atom stereocenters. The molecule has 9 rings (SSSR count). The average molecular weight is 1170 g/mol. The van der Waals surface area contributed by atoms with Crippen LogP contribution in [0.15, 0.2) is 59.7 Å². The first kappa shape index (κ1) is 57.7. The van der Waals surface area contributed by atoms with E-state index in [-0.39, 0.29) is 55.0 Å². The fraction of sp³-hybridized carbons (Fsp3) is 0.438. The summed E-state index contributed by atoms with van der Waals surface area (Å²) in [5, 5.41) is 18.5. The first-order valence-corrected chi connectivity index (χ1v) is 30.9. The molecule has 0 radical (unpaired) electrons. The van der Waals surface area contributed by atoms with Crippen LogP contribution in [0.3, 0.4) is 0 Å². The van der Waals surface area contributed by atoms with Crippen molar-refractivity contribution >= 4 is 80.5 Å². The van der Waals surface area contributed by atoms with Crippen molar-refractivity contribution in [1.82, 2.24) is 39.6 Å². The van der Waals surface area contributed by atoms with E-state index in [4.69, 9.17) is 24.5 Å². The predicted molar refractivity (Wildman–Crippen MR) is 288 cm³/mol. The monoisotopic (exact) mass is 1170 g/mol. The molecule has 31 heteroatoms. The summed E-state index contributed by atoms with van der Waals surface area (Å²) in [6, 6.07) is 16.4. The zero-order valence-corrected chi connectivity index (χ0v) is 46.6. The summed E-state index contributed by atoms with van der Waals surface area (Å²) in [7, 11) is -9.60. The molecule has 4 aliphatic rings. The number of hydrogen-bond acceptors (Lipinski definition) is 18. The number of aryl methyl sites for hydroxylation is 2. The Hall–Kier alpha value is -5.96. The van der Waals surface area contributed by atoms with Gasteiger partial charge in [-0.15, -0.1) is 0 Å². The number of nitrogens with one attached hydrogen (secondary N) is 3. The maximum atomic E-state index is 14.5. The van der Waals surface area contributed by atoms with Crippen LogP contribution >= 0.6 is 22.4 Å². The third-order valence-corrected chi connectivity index (χ3v) is 18.2. The molecule has 0 saturated carbocycles. The van der Waals surface area contributed by atoms with Gasteiger partial charge in [-0.1, -0.05) is 18.2 Å². The highest BCUT2D eigenvalue weighted by atomic mass is 32.5. The van der Waals surface area contributed by atoms with E-state index in [1.54, 1.807) is 11.9 Å². The van der Waals surface area contributed by atoms with Crippen molar-refractivity contribution < 1.29 is 75.5 Å². The Balaban J connectivity index is 0.826. The maximum absolute atomic E-state index is 14.5. The highest BCUT2D eigenvalue weighted by Gasteiger charge is 2.50. The first-order chi connectivity index (χ1) is 37.5. The molecule has 1 saturated heterocycles. The second-order valence-electron chi connectivity index (χ2n) is 19.0. The normalized spacial score (nSPS) is 20.2. The van der Waals surface area contributed by atoms with Crippen molar-refractivity contribution in [2.24, 2.45) is 0 Å². The van der Waals surface area contributed by atoms with Gasteiger partial charge in [0.1, 0.15) is 36.8 Å².